The summed E-state index contributed by atoms with van der Waals surface area (Å²) in [4.78, 5) is 13.0. The Labute approximate surface area is 307 Å². The van der Waals surface area contributed by atoms with E-state index in [1.807, 2.05) is 24.3 Å². The zero-order chi connectivity index (χ0) is 36.2. The van der Waals surface area contributed by atoms with Gasteiger partial charge in [0.15, 0.2) is 20.4 Å². The summed E-state index contributed by atoms with van der Waals surface area (Å²) in [5.74, 6) is -1.15. The minimum atomic E-state index is -3.86. The van der Waals surface area contributed by atoms with E-state index in [1.165, 1.54) is 13.0 Å². The highest BCUT2D eigenvalue weighted by molar-refractivity contribution is 7.86. The Morgan fingerprint density at radius 1 is 0.608 bits per heavy atom. The Hall–Kier alpha value is -4.57. The van der Waals surface area contributed by atoms with Gasteiger partial charge in [-0.3, -0.25) is 0 Å². The molecule has 0 aliphatic heterocycles. The lowest BCUT2D eigenvalue weighted by Gasteiger charge is -2.29. The van der Waals surface area contributed by atoms with Crippen LogP contribution < -0.4 is 36.6 Å². The van der Waals surface area contributed by atoms with E-state index in [1.54, 1.807) is 122 Å². The van der Waals surface area contributed by atoms with Crippen LogP contribution in [0.2, 0.25) is 10.0 Å². The lowest BCUT2D eigenvalue weighted by molar-refractivity contribution is -0.150. The summed E-state index contributed by atoms with van der Waals surface area (Å²) >= 11 is 13.7. The minimum Gasteiger partial charge on any atom is -0.506 e. The van der Waals surface area contributed by atoms with Crippen molar-refractivity contribution in [3.8, 4) is 22.6 Å². The van der Waals surface area contributed by atoms with Gasteiger partial charge in [0.25, 0.3) is 0 Å². The summed E-state index contributed by atoms with van der Waals surface area (Å²) < 4.78 is 43.8. The molecule has 0 bridgehead atoms. The molecule has 0 aliphatic carbocycles. The molecule has 6 rings (SSSR count). The number of rotatable bonds is 11. The fourth-order valence-electron chi connectivity index (χ4n) is 6.12. The van der Waals surface area contributed by atoms with E-state index in [9.17, 15) is 9.90 Å². The first kappa shape index (κ1) is 36.2. The molecule has 1 N–H and O–H groups in total. The standard InChI is InChI=1S/C41H34Cl2O6P2/c1-3-48-41(45)28(2)49-40-34(43)25-27-36(51(47,31-20-12-6-13-21-31)32-22-14-7-15-23-32)38(40)37-35(26-24-33(42)39(37)44)50(46,29-16-8-4-9-17-29)30-18-10-5-11-19-30/h4-28,44H,3H2,1-2H3. The molecule has 6 nitrogen and oxygen atoms in total. The SMILES string of the molecule is CCOC(=O)C(C)Oc1c(Cl)ccc(P(=O)(c2ccccc2)c2ccccc2)c1-c1c(P(=O)(c2ccccc2)c2ccccc2)ccc(Cl)c1O. The molecular weight excluding hydrogens is 721 g/mol. The van der Waals surface area contributed by atoms with Gasteiger partial charge in [-0.15, -0.1) is 0 Å². The number of ether oxygens (including phenoxy) is 2. The summed E-state index contributed by atoms with van der Waals surface area (Å²) in [6.45, 7) is 3.30. The van der Waals surface area contributed by atoms with Crippen molar-refractivity contribution in [3.05, 3.63) is 156 Å². The van der Waals surface area contributed by atoms with Crippen LogP contribution in [0.15, 0.2) is 146 Å². The number of carbonyl (C=O) groups excluding carboxylic acids is 1. The van der Waals surface area contributed by atoms with E-state index in [0.717, 1.165) is 0 Å². The third-order valence-corrected chi connectivity index (χ3v) is 15.3. The summed E-state index contributed by atoms with van der Waals surface area (Å²) in [7, 11) is -7.70. The van der Waals surface area contributed by atoms with Gasteiger partial charge >= 0.3 is 5.97 Å². The van der Waals surface area contributed by atoms with Gasteiger partial charge in [-0.1, -0.05) is 145 Å². The normalized spacial score (nSPS) is 12.2. The van der Waals surface area contributed by atoms with Gasteiger partial charge in [-0.25, -0.2) is 4.79 Å². The molecule has 1 unspecified atom stereocenters. The predicted molar refractivity (Wildman–Crippen MR) is 209 cm³/mol. The van der Waals surface area contributed by atoms with Gasteiger partial charge in [0.05, 0.1) is 16.7 Å². The van der Waals surface area contributed by atoms with Crippen molar-refractivity contribution in [3.63, 3.8) is 0 Å². The highest BCUT2D eigenvalue weighted by Gasteiger charge is 2.40. The molecule has 0 saturated carbocycles. The van der Waals surface area contributed by atoms with Gasteiger partial charge in [0, 0.05) is 43.0 Å². The lowest BCUT2D eigenvalue weighted by Crippen LogP contribution is -2.31. The summed E-state index contributed by atoms with van der Waals surface area (Å²) in [5.41, 5.74) is 0.0889. The molecule has 258 valence electrons. The van der Waals surface area contributed by atoms with Crippen molar-refractivity contribution in [2.75, 3.05) is 6.61 Å². The number of esters is 1. The van der Waals surface area contributed by atoms with Gasteiger partial charge in [0.1, 0.15) is 11.5 Å². The van der Waals surface area contributed by atoms with Crippen molar-refractivity contribution in [2.24, 2.45) is 0 Å². The van der Waals surface area contributed by atoms with E-state index in [4.69, 9.17) is 32.7 Å². The lowest BCUT2D eigenvalue weighted by atomic mass is 10.0. The molecule has 1 atom stereocenters. The molecule has 0 aliphatic rings. The number of carbonyl (C=O) groups is 1. The maximum absolute atomic E-state index is 16.1. The van der Waals surface area contributed by atoms with Crippen molar-refractivity contribution >= 4 is 75.3 Å². The Morgan fingerprint density at radius 3 is 1.37 bits per heavy atom. The van der Waals surface area contributed by atoms with Crippen LogP contribution in [-0.2, 0) is 18.7 Å². The number of hydrogen-bond acceptors (Lipinski definition) is 6. The third-order valence-electron chi connectivity index (χ3n) is 8.52. The largest absolute Gasteiger partial charge is 0.506 e. The molecular formula is C41H34Cl2O6P2. The molecule has 0 amide bonds. The fourth-order valence-corrected chi connectivity index (χ4v) is 12.2. The summed E-state index contributed by atoms with van der Waals surface area (Å²) in [5, 5.41) is 14.5. The second kappa shape index (κ2) is 15.4. The molecule has 10 heteroatoms. The summed E-state index contributed by atoms with van der Waals surface area (Å²) in [6.07, 6.45) is -1.18. The van der Waals surface area contributed by atoms with E-state index in [0.29, 0.717) is 21.2 Å². The fraction of sp³-hybridized carbons (Fsp3) is 0.0976. The molecule has 51 heavy (non-hydrogen) atoms. The molecule has 0 aromatic heterocycles. The number of halogens is 2. The summed E-state index contributed by atoms with van der Waals surface area (Å²) in [6, 6.07) is 42.0. The number of hydrogen-bond donors (Lipinski definition) is 1. The predicted octanol–water partition coefficient (Wildman–Crippen LogP) is 7.98. The molecule has 0 radical (unpaired) electrons. The van der Waals surface area contributed by atoms with Crippen LogP contribution >= 0.6 is 37.5 Å². The average Bonchev–Trinajstić information content (AvgIpc) is 3.17. The molecule has 6 aromatic carbocycles. The van der Waals surface area contributed by atoms with Gasteiger partial charge in [-0.05, 0) is 38.1 Å². The third kappa shape index (κ3) is 6.78. The number of benzene rings is 6. The van der Waals surface area contributed by atoms with E-state index in [2.05, 4.69) is 0 Å². The zero-order valence-electron chi connectivity index (χ0n) is 27.8. The van der Waals surface area contributed by atoms with Crippen LogP contribution in [0.5, 0.6) is 11.5 Å². The van der Waals surface area contributed by atoms with Crippen LogP contribution in [0.1, 0.15) is 13.8 Å². The van der Waals surface area contributed by atoms with Gasteiger partial charge < -0.3 is 23.7 Å². The van der Waals surface area contributed by atoms with E-state index in [-0.39, 0.29) is 44.1 Å². The van der Waals surface area contributed by atoms with Crippen LogP contribution in [0.4, 0.5) is 0 Å². The monoisotopic (exact) mass is 754 g/mol. The minimum absolute atomic E-state index is 0.00851. The Kier molecular flexibility index (Phi) is 10.9. The number of aromatic hydroxyl groups is 1. The molecule has 0 saturated heterocycles. The first-order valence-corrected chi connectivity index (χ1v) is 20.4. The quantitative estimate of drug-likeness (QED) is 0.107. The van der Waals surface area contributed by atoms with Crippen LogP contribution in [-0.4, -0.2) is 23.8 Å². The van der Waals surface area contributed by atoms with Crippen molar-refractivity contribution in [1.82, 2.24) is 0 Å². The smallest absolute Gasteiger partial charge is 0.347 e. The van der Waals surface area contributed by atoms with E-state index < -0.39 is 32.1 Å². The average molecular weight is 756 g/mol. The molecule has 6 aromatic rings. The van der Waals surface area contributed by atoms with Crippen LogP contribution in [0, 0.1) is 0 Å². The van der Waals surface area contributed by atoms with Crippen LogP contribution in [0.3, 0.4) is 0 Å². The number of phenols is 1. The first-order valence-electron chi connectivity index (χ1n) is 16.2. The maximum atomic E-state index is 16.1. The Morgan fingerprint density at radius 2 is 0.980 bits per heavy atom. The second-order valence-corrected chi connectivity index (χ2v) is 17.9. The topological polar surface area (TPSA) is 89.9 Å². The zero-order valence-corrected chi connectivity index (χ0v) is 31.1. The van der Waals surface area contributed by atoms with Crippen LogP contribution in [0.25, 0.3) is 11.1 Å². The molecule has 0 spiro atoms. The highest BCUT2D eigenvalue weighted by atomic mass is 35.5. The maximum Gasteiger partial charge on any atom is 0.347 e. The number of phenolic OH excluding ortho intramolecular Hbond substituents is 1. The van der Waals surface area contributed by atoms with Gasteiger partial charge in [-0.2, -0.15) is 0 Å². The Balaban J connectivity index is 1.81. The van der Waals surface area contributed by atoms with Crippen molar-refractivity contribution < 1.29 is 28.5 Å². The second-order valence-electron chi connectivity index (χ2n) is 11.6. The first-order chi connectivity index (χ1) is 24.6. The van der Waals surface area contributed by atoms with Crippen molar-refractivity contribution in [1.29, 1.82) is 0 Å². The van der Waals surface area contributed by atoms with Gasteiger partial charge in [0.2, 0.25) is 0 Å². The van der Waals surface area contributed by atoms with E-state index >= 15 is 9.13 Å². The van der Waals surface area contributed by atoms with Crippen molar-refractivity contribution in [2.45, 2.75) is 20.0 Å². The Bertz CT molecular complexity index is 2180. The highest BCUT2D eigenvalue weighted by Crippen LogP contribution is 2.54. The molecule has 0 heterocycles. The molecule has 0 fully saturated rings.